The van der Waals surface area contributed by atoms with Gasteiger partial charge in [0.15, 0.2) is 0 Å². The van der Waals surface area contributed by atoms with Gasteiger partial charge in [-0.1, -0.05) is 12.1 Å². The first-order valence-electron chi connectivity index (χ1n) is 10.3. The Morgan fingerprint density at radius 3 is 2.68 bits per heavy atom. The Labute approximate surface area is 177 Å². The molecule has 2 aliphatic rings. The van der Waals surface area contributed by atoms with E-state index in [4.69, 9.17) is 0 Å². The van der Waals surface area contributed by atoms with Crippen molar-refractivity contribution in [1.82, 2.24) is 20.6 Å². The summed E-state index contributed by atoms with van der Waals surface area (Å²) in [5.74, 6) is -3.70. The van der Waals surface area contributed by atoms with Gasteiger partial charge in [-0.15, -0.1) is 0 Å². The molecular weight excluding hydrogens is 402 g/mol. The van der Waals surface area contributed by atoms with Crippen molar-refractivity contribution >= 4 is 22.7 Å². The number of H-pyrrole nitrogens is 1. The molecule has 0 saturated heterocycles. The third kappa shape index (κ3) is 3.66. The molecule has 0 aliphatic heterocycles. The van der Waals surface area contributed by atoms with Crippen LogP contribution in [0.1, 0.15) is 44.9 Å². The smallest absolute Gasteiger partial charge is 0.269 e. The molecule has 2 aromatic heterocycles. The van der Waals surface area contributed by atoms with Gasteiger partial charge in [-0.2, -0.15) is 0 Å². The maximum atomic E-state index is 13.4. The summed E-state index contributed by atoms with van der Waals surface area (Å²) in [5.41, 5.74) is 3.05. The Morgan fingerprint density at radius 1 is 1.16 bits per heavy atom. The molecule has 2 heterocycles. The van der Waals surface area contributed by atoms with E-state index in [0.29, 0.717) is 17.7 Å². The van der Waals surface area contributed by atoms with E-state index in [-0.39, 0.29) is 42.3 Å². The van der Waals surface area contributed by atoms with Crippen LogP contribution in [0.4, 0.5) is 8.78 Å². The van der Waals surface area contributed by atoms with Gasteiger partial charge in [-0.05, 0) is 41.7 Å². The SMILES string of the molecule is CNC(=O)c1cc(C(=O)N[C@H]2[C@@H]3CC(F)(F)C[C@@H]32)cc(Cc2cccc3[nH]ccc23)n1. The van der Waals surface area contributed by atoms with Crippen LogP contribution in [0.2, 0.25) is 0 Å². The van der Waals surface area contributed by atoms with Crippen molar-refractivity contribution < 1.29 is 18.4 Å². The number of carbonyl (C=O) groups is 2. The van der Waals surface area contributed by atoms with Gasteiger partial charge >= 0.3 is 0 Å². The van der Waals surface area contributed by atoms with E-state index < -0.39 is 11.8 Å². The van der Waals surface area contributed by atoms with Crippen LogP contribution < -0.4 is 10.6 Å². The number of nitrogens with one attached hydrogen (secondary N) is 3. The van der Waals surface area contributed by atoms with Crippen molar-refractivity contribution in [2.75, 3.05) is 7.05 Å². The molecule has 5 rings (SSSR count). The third-order valence-electron chi connectivity index (χ3n) is 6.36. The van der Waals surface area contributed by atoms with E-state index in [1.807, 2.05) is 30.5 Å². The van der Waals surface area contributed by atoms with Crippen molar-refractivity contribution in [3.63, 3.8) is 0 Å². The van der Waals surface area contributed by atoms with E-state index in [1.165, 1.54) is 13.1 Å². The van der Waals surface area contributed by atoms with Crippen LogP contribution in [-0.2, 0) is 6.42 Å². The van der Waals surface area contributed by atoms with Gasteiger partial charge in [-0.3, -0.25) is 9.59 Å². The first kappa shape index (κ1) is 19.7. The minimum atomic E-state index is -2.62. The van der Waals surface area contributed by atoms with Crippen molar-refractivity contribution in [2.45, 2.75) is 31.2 Å². The standard InChI is InChI=1S/C23H22F2N4O2/c1-26-22(31)19-9-13(21(30)29-20-16-10-23(24,25)11-17(16)20)8-14(28-19)7-12-3-2-4-18-15(12)5-6-27-18/h2-6,8-9,16-17,20,27H,7,10-11H2,1H3,(H,26,31)(H,29,30)/t16-,17+,20+. The van der Waals surface area contributed by atoms with E-state index >= 15 is 0 Å². The van der Waals surface area contributed by atoms with Crippen LogP contribution in [-0.4, -0.2) is 40.8 Å². The molecule has 3 N–H and O–H groups in total. The lowest BCUT2D eigenvalue weighted by molar-refractivity contribution is -0.00623. The molecule has 31 heavy (non-hydrogen) atoms. The first-order valence-corrected chi connectivity index (χ1v) is 10.3. The summed E-state index contributed by atoms with van der Waals surface area (Å²) >= 11 is 0. The highest BCUT2D eigenvalue weighted by Gasteiger charge is 2.63. The summed E-state index contributed by atoms with van der Waals surface area (Å²) in [5, 5.41) is 6.46. The Balaban J connectivity index is 1.40. The number of aromatic amines is 1. The number of fused-ring (bicyclic) bond motifs is 2. The van der Waals surface area contributed by atoms with Crippen molar-refractivity contribution in [3.8, 4) is 0 Å². The van der Waals surface area contributed by atoms with Crippen molar-refractivity contribution in [1.29, 1.82) is 0 Å². The maximum absolute atomic E-state index is 13.4. The second kappa shape index (κ2) is 7.14. The molecule has 3 aromatic rings. The Morgan fingerprint density at radius 2 is 1.94 bits per heavy atom. The number of pyridine rings is 1. The number of rotatable bonds is 5. The Kier molecular flexibility index (Phi) is 4.53. The maximum Gasteiger partial charge on any atom is 0.269 e. The zero-order chi connectivity index (χ0) is 21.8. The minimum Gasteiger partial charge on any atom is -0.361 e. The lowest BCUT2D eigenvalue weighted by atomic mass is 10.0. The number of hydrogen-bond acceptors (Lipinski definition) is 3. The number of aromatic nitrogens is 2. The third-order valence-corrected chi connectivity index (χ3v) is 6.36. The van der Waals surface area contributed by atoms with Crippen LogP contribution >= 0.6 is 0 Å². The molecule has 1 aromatic carbocycles. The van der Waals surface area contributed by atoms with E-state index in [9.17, 15) is 18.4 Å². The van der Waals surface area contributed by atoms with Gasteiger partial charge in [-0.25, -0.2) is 13.8 Å². The number of alkyl halides is 2. The molecule has 8 heteroatoms. The average Bonchev–Trinajstić information content (AvgIpc) is 3.11. The number of benzene rings is 1. The Bertz CT molecular complexity index is 1180. The minimum absolute atomic E-state index is 0.147. The molecule has 2 amide bonds. The second-order valence-corrected chi connectivity index (χ2v) is 8.44. The molecular formula is C23H22F2N4O2. The molecule has 3 atom stereocenters. The van der Waals surface area contributed by atoms with Crippen LogP contribution in [0, 0.1) is 11.8 Å². The number of hydrogen-bond donors (Lipinski definition) is 3. The molecule has 0 bridgehead atoms. The fraction of sp³-hybridized carbons (Fsp3) is 0.348. The van der Waals surface area contributed by atoms with Gasteiger partial charge in [0.2, 0.25) is 5.92 Å². The fourth-order valence-corrected chi connectivity index (χ4v) is 4.78. The first-order chi connectivity index (χ1) is 14.8. The van der Waals surface area contributed by atoms with Crippen LogP contribution in [0.15, 0.2) is 42.6 Å². The lowest BCUT2D eigenvalue weighted by Crippen LogP contribution is -2.31. The number of nitrogens with zero attached hydrogens (tertiary/aromatic N) is 1. The molecule has 0 unspecified atom stereocenters. The second-order valence-electron chi connectivity index (χ2n) is 8.44. The summed E-state index contributed by atoms with van der Waals surface area (Å²) in [6.07, 6.45) is 1.96. The lowest BCUT2D eigenvalue weighted by Gasteiger charge is -2.14. The van der Waals surface area contributed by atoms with Gasteiger partial charge in [0.05, 0.1) is 0 Å². The largest absolute Gasteiger partial charge is 0.361 e. The summed E-state index contributed by atoms with van der Waals surface area (Å²) in [4.78, 5) is 32.7. The summed E-state index contributed by atoms with van der Waals surface area (Å²) in [7, 11) is 1.50. The zero-order valence-corrected chi connectivity index (χ0v) is 16.9. The highest BCUT2D eigenvalue weighted by molar-refractivity contribution is 5.99. The van der Waals surface area contributed by atoms with Crippen molar-refractivity contribution in [3.05, 3.63) is 65.1 Å². The summed E-state index contributed by atoms with van der Waals surface area (Å²) in [6.45, 7) is 0. The molecule has 6 nitrogen and oxygen atoms in total. The molecule has 2 fully saturated rings. The monoisotopic (exact) mass is 424 g/mol. The van der Waals surface area contributed by atoms with Crippen molar-refractivity contribution in [2.24, 2.45) is 11.8 Å². The highest BCUT2D eigenvalue weighted by atomic mass is 19.3. The number of carbonyl (C=O) groups excluding carboxylic acids is 2. The normalized spacial score (nSPS) is 23.4. The van der Waals surface area contributed by atoms with Gasteiger partial charge < -0.3 is 15.6 Å². The quantitative estimate of drug-likeness (QED) is 0.588. The van der Waals surface area contributed by atoms with E-state index in [2.05, 4.69) is 20.6 Å². The summed E-state index contributed by atoms with van der Waals surface area (Å²) in [6, 6.07) is 10.8. The molecule has 160 valence electrons. The zero-order valence-electron chi connectivity index (χ0n) is 16.9. The molecule has 2 saturated carbocycles. The van der Waals surface area contributed by atoms with Crippen LogP contribution in [0.5, 0.6) is 0 Å². The molecule has 0 radical (unpaired) electrons. The fourth-order valence-electron chi connectivity index (χ4n) is 4.78. The topological polar surface area (TPSA) is 86.9 Å². The molecule has 2 aliphatic carbocycles. The average molecular weight is 424 g/mol. The van der Waals surface area contributed by atoms with Gasteiger partial charge in [0.25, 0.3) is 11.8 Å². The molecule has 0 spiro atoms. The predicted molar refractivity (Wildman–Crippen MR) is 111 cm³/mol. The highest BCUT2D eigenvalue weighted by Crippen LogP contribution is 2.58. The van der Waals surface area contributed by atoms with E-state index in [0.717, 1.165) is 16.5 Å². The van der Waals surface area contributed by atoms with E-state index in [1.54, 1.807) is 6.07 Å². The Hall–Kier alpha value is -3.29. The van der Waals surface area contributed by atoms with Crippen LogP contribution in [0.3, 0.4) is 0 Å². The van der Waals surface area contributed by atoms with Gasteiger partial charge in [0, 0.05) is 60.7 Å². The number of halogens is 2. The van der Waals surface area contributed by atoms with Gasteiger partial charge in [0.1, 0.15) is 5.69 Å². The van der Waals surface area contributed by atoms with Crippen LogP contribution in [0.25, 0.3) is 10.9 Å². The number of amides is 2. The predicted octanol–water partition coefficient (Wildman–Crippen LogP) is 3.29. The summed E-state index contributed by atoms with van der Waals surface area (Å²) < 4.78 is 26.8.